The molecule has 0 saturated carbocycles. The summed E-state index contributed by atoms with van der Waals surface area (Å²) < 4.78 is 11.4. The van der Waals surface area contributed by atoms with Crippen LogP contribution in [-0.2, 0) is 25.9 Å². The van der Waals surface area contributed by atoms with E-state index >= 15 is 0 Å². The maximum Gasteiger partial charge on any atom is 0.221 e. The zero-order chi connectivity index (χ0) is 23.1. The molecule has 0 radical (unpaired) electrons. The van der Waals surface area contributed by atoms with E-state index in [1.54, 1.807) is 7.11 Å². The van der Waals surface area contributed by atoms with Crippen molar-refractivity contribution in [3.8, 4) is 23.0 Å². The molecular weight excluding hydrogens is 398 g/mol. The molecule has 170 valence electrons. The number of hydrogen-bond acceptors (Lipinski definition) is 5. The summed E-state index contributed by atoms with van der Waals surface area (Å²) in [4.78, 5) is 12.0. The first kappa shape index (κ1) is 23.7. The molecule has 0 aliphatic heterocycles. The molecule has 0 aliphatic rings. The second kappa shape index (κ2) is 11.1. The minimum absolute atomic E-state index is 0.648. The van der Waals surface area contributed by atoms with Gasteiger partial charge >= 0.3 is 0 Å². The number of aryl methyl sites for hydroxylation is 3. The van der Waals surface area contributed by atoms with Gasteiger partial charge in [-0.15, -0.1) is 0 Å². The van der Waals surface area contributed by atoms with Crippen LogP contribution in [0.2, 0.25) is 0 Å². The lowest BCUT2D eigenvalue weighted by Gasteiger charge is -2.21. The van der Waals surface area contributed by atoms with Crippen molar-refractivity contribution in [2.45, 2.75) is 53.6 Å². The molecule has 0 unspecified atom stereocenters. The number of hydrogen-bond donors (Lipinski definition) is 0. The number of rotatable bonds is 10. The Balaban J connectivity index is 1.89. The fourth-order valence-corrected chi connectivity index (χ4v) is 4.10. The Morgan fingerprint density at radius 2 is 1.59 bits per heavy atom. The molecular formula is C27H35N3O2. The Bertz CT molecular complexity index is 1030. The van der Waals surface area contributed by atoms with Crippen LogP contribution in [0.3, 0.4) is 0 Å². The summed E-state index contributed by atoms with van der Waals surface area (Å²) in [6.45, 7) is 10.6. The van der Waals surface area contributed by atoms with Crippen molar-refractivity contribution in [1.82, 2.24) is 14.9 Å². The third-order valence-corrected chi connectivity index (χ3v) is 5.68. The van der Waals surface area contributed by atoms with Crippen LogP contribution in [0.4, 0.5) is 0 Å². The van der Waals surface area contributed by atoms with Crippen molar-refractivity contribution in [3.05, 3.63) is 70.4 Å². The zero-order valence-electron chi connectivity index (χ0n) is 20.2. The van der Waals surface area contributed by atoms with E-state index in [2.05, 4.69) is 56.1 Å². The van der Waals surface area contributed by atoms with Crippen LogP contribution in [0.15, 0.2) is 42.5 Å². The largest absolute Gasteiger partial charge is 0.494 e. The van der Waals surface area contributed by atoms with Crippen LogP contribution in [0.25, 0.3) is 11.4 Å². The fourth-order valence-electron chi connectivity index (χ4n) is 4.10. The first-order valence-electron chi connectivity index (χ1n) is 11.4. The Morgan fingerprint density at radius 1 is 0.906 bits per heavy atom. The van der Waals surface area contributed by atoms with E-state index in [0.29, 0.717) is 19.0 Å². The average molecular weight is 434 g/mol. The van der Waals surface area contributed by atoms with Crippen LogP contribution < -0.4 is 9.47 Å². The highest BCUT2D eigenvalue weighted by Gasteiger charge is 2.18. The number of aromatic nitrogens is 2. The second-order valence-electron chi connectivity index (χ2n) is 8.03. The number of ether oxygens (including phenoxy) is 2. The van der Waals surface area contributed by atoms with E-state index < -0.39 is 0 Å². The first-order valence-corrected chi connectivity index (χ1v) is 11.4. The van der Waals surface area contributed by atoms with Gasteiger partial charge in [-0.05, 0) is 62.6 Å². The molecule has 1 aromatic heterocycles. The molecule has 0 amide bonds. The molecule has 0 fully saturated rings. The maximum atomic E-state index is 5.74. The van der Waals surface area contributed by atoms with E-state index in [-0.39, 0.29) is 0 Å². The van der Waals surface area contributed by atoms with Gasteiger partial charge in [-0.1, -0.05) is 44.2 Å². The highest BCUT2D eigenvalue weighted by molar-refractivity contribution is 5.66. The van der Waals surface area contributed by atoms with Gasteiger partial charge in [0.15, 0.2) is 5.82 Å². The van der Waals surface area contributed by atoms with Crippen molar-refractivity contribution < 1.29 is 9.47 Å². The maximum absolute atomic E-state index is 5.74. The standard InChI is InChI=1S/C27H35N3O2/c1-7-21-13-11-14-22(8-2)25(21)26-28-19(4)24(27(29-26)31-6)18-30(5)17-20-12-10-15-23(16-20)32-9-3/h10-16H,7-9,17-18H2,1-6H3. The van der Waals surface area contributed by atoms with Crippen LogP contribution in [-0.4, -0.2) is 35.6 Å². The van der Waals surface area contributed by atoms with Gasteiger partial charge in [0.1, 0.15) is 5.75 Å². The van der Waals surface area contributed by atoms with Gasteiger partial charge in [-0.2, -0.15) is 4.98 Å². The molecule has 0 bridgehead atoms. The molecule has 5 nitrogen and oxygen atoms in total. The fraction of sp³-hybridized carbons (Fsp3) is 0.407. The van der Waals surface area contributed by atoms with Crippen LogP contribution in [0.5, 0.6) is 11.6 Å². The second-order valence-corrected chi connectivity index (χ2v) is 8.03. The monoisotopic (exact) mass is 433 g/mol. The SMILES string of the molecule is CCOc1cccc(CN(C)Cc2c(C)nc(-c3c(CC)cccc3CC)nc2OC)c1. The predicted molar refractivity (Wildman–Crippen MR) is 130 cm³/mol. The van der Waals surface area contributed by atoms with Gasteiger partial charge in [-0.3, -0.25) is 4.90 Å². The van der Waals surface area contributed by atoms with Crippen LogP contribution in [0.1, 0.15) is 48.7 Å². The van der Waals surface area contributed by atoms with Gasteiger partial charge in [0.05, 0.1) is 13.7 Å². The Labute approximate surface area is 192 Å². The number of benzene rings is 2. The third-order valence-electron chi connectivity index (χ3n) is 5.68. The summed E-state index contributed by atoms with van der Waals surface area (Å²) >= 11 is 0. The average Bonchev–Trinajstić information content (AvgIpc) is 2.80. The predicted octanol–water partition coefficient (Wildman–Crippen LogP) is 5.62. The molecule has 0 saturated heterocycles. The highest BCUT2D eigenvalue weighted by atomic mass is 16.5. The topological polar surface area (TPSA) is 47.5 Å². The van der Waals surface area contributed by atoms with E-state index in [1.807, 2.05) is 26.0 Å². The van der Waals surface area contributed by atoms with Crippen molar-refractivity contribution >= 4 is 0 Å². The Hall–Kier alpha value is -2.92. The molecule has 5 heteroatoms. The minimum Gasteiger partial charge on any atom is -0.494 e. The van der Waals surface area contributed by atoms with Crippen molar-refractivity contribution in [2.24, 2.45) is 0 Å². The van der Waals surface area contributed by atoms with Crippen molar-refractivity contribution in [3.63, 3.8) is 0 Å². The minimum atomic E-state index is 0.648. The highest BCUT2D eigenvalue weighted by Crippen LogP contribution is 2.30. The van der Waals surface area contributed by atoms with Gasteiger partial charge in [0, 0.05) is 29.9 Å². The summed E-state index contributed by atoms with van der Waals surface area (Å²) in [5.74, 6) is 2.31. The van der Waals surface area contributed by atoms with Gasteiger partial charge in [0.25, 0.3) is 0 Å². The summed E-state index contributed by atoms with van der Waals surface area (Å²) in [7, 11) is 3.79. The summed E-state index contributed by atoms with van der Waals surface area (Å²) in [6.07, 6.45) is 1.89. The third kappa shape index (κ3) is 5.46. The smallest absolute Gasteiger partial charge is 0.221 e. The van der Waals surface area contributed by atoms with Crippen LogP contribution in [0, 0.1) is 6.92 Å². The van der Waals surface area contributed by atoms with Gasteiger partial charge < -0.3 is 9.47 Å². The summed E-state index contributed by atoms with van der Waals surface area (Å²) in [5, 5.41) is 0. The molecule has 3 rings (SSSR count). The zero-order valence-corrected chi connectivity index (χ0v) is 20.2. The van der Waals surface area contributed by atoms with Crippen molar-refractivity contribution in [2.75, 3.05) is 20.8 Å². The van der Waals surface area contributed by atoms with Gasteiger partial charge in [-0.25, -0.2) is 4.98 Å². The number of methoxy groups -OCH3 is 1. The molecule has 3 aromatic rings. The molecule has 2 aromatic carbocycles. The molecule has 32 heavy (non-hydrogen) atoms. The van der Waals surface area contributed by atoms with E-state index in [0.717, 1.165) is 47.8 Å². The Morgan fingerprint density at radius 3 is 2.22 bits per heavy atom. The molecule has 0 N–H and O–H groups in total. The van der Waals surface area contributed by atoms with Crippen LogP contribution >= 0.6 is 0 Å². The van der Waals surface area contributed by atoms with E-state index in [9.17, 15) is 0 Å². The first-order chi connectivity index (χ1) is 15.5. The van der Waals surface area contributed by atoms with E-state index in [1.165, 1.54) is 16.7 Å². The molecule has 0 aliphatic carbocycles. The normalized spacial score (nSPS) is 11.1. The quantitative estimate of drug-likeness (QED) is 0.415. The molecule has 1 heterocycles. The van der Waals surface area contributed by atoms with Gasteiger partial charge in [0.2, 0.25) is 5.88 Å². The lowest BCUT2D eigenvalue weighted by atomic mass is 9.96. The summed E-state index contributed by atoms with van der Waals surface area (Å²) in [6, 6.07) is 14.7. The molecule has 0 spiro atoms. The number of nitrogens with zero attached hydrogens (tertiary/aromatic N) is 3. The van der Waals surface area contributed by atoms with Crippen molar-refractivity contribution in [1.29, 1.82) is 0 Å². The lowest BCUT2D eigenvalue weighted by molar-refractivity contribution is 0.303. The molecule has 0 atom stereocenters. The Kier molecular flexibility index (Phi) is 8.23. The summed E-state index contributed by atoms with van der Waals surface area (Å²) in [5.41, 5.74) is 6.86. The van der Waals surface area contributed by atoms with E-state index in [4.69, 9.17) is 19.4 Å². The lowest BCUT2D eigenvalue weighted by Crippen LogP contribution is -2.19.